The van der Waals surface area contributed by atoms with Crippen molar-refractivity contribution in [1.82, 2.24) is 0 Å². The van der Waals surface area contributed by atoms with E-state index in [9.17, 15) is 29.4 Å². The van der Waals surface area contributed by atoms with Crippen LogP contribution in [0.2, 0.25) is 0 Å². The fourth-order valence-corrected chi connectivity index (χ4v) is 4.69. The van der Waals surface area contributed by atoms with Gasteiger partial charge in [-0.2, -0.15) is 0 Å². The van der Waals surface area contributed by atoms with Gasteiger partial charge in [-0.05, 0) is 36.4 Å². The Balaban J connectivity index is 1.53. The van der Waals surface area contributed by atoms with Crippen LogP contribution in [0, 0.1) is 0 Å². The monoisotopic (exact) mass is 494 g/mol. The Morgan fingerprint density at radius 1 is 0.595 bits per heavy atom. The minimum Gasteiger partial charge on any atom is -0.478 e. The second-order valence-electron chi connectivity index (χ2n) is 8.27. The lowest BCUT2D eigenvalue weighted by Crippen LogP contribution is -2.15. The molecule has 180 valence electrons. The first-order valence-electron chi connectivity index (χ1n) is 10.9. The molecule has 0 aliphatic carbocycles. The van der Waals surface area contributed by atoms with Crippen molar-refractivity contribution in [3.63, 3.8) is 0 Å². The number of esters is 2. The van der Waals surface area contributed by atoms with Crippen LogP contribution in [-0.4, -0.2) is 34.1 Å². The van der Waals surface area contributed by atoms with Crippen LogP contribution >= 0.6 is 0 Å². The summed E-state index contributed by atoms with van der Waals surface area (Å²) in [5, 5.41) is 21.3. The van der Waals surface area contributed by atoms with E-state index in [1.165, 1.54) is 48.9 Å². The Kier molecular flexibility index (Phi) is 4.80. The van der Waals surface area contributed by atoms with Crippen LogP contribution in [0.3, 0.4) is 0 Å². The van der Waals surface area contributed by atoms with Gasteiger partial charge in [0.25, 0.3) is 0 Å². The molecule has 0 amide bonds. The van der Waals surface area contributed by atoms with Gasteiger partial charge in [0.15, 0.2) is 0 Å². The van der Waals surface area contributed by atoms with Crippen LogP contribution in [0.25, 0.3) is 43.5 Å². The van der Waals surface area contributed by atoms with Crippen molar-refractivity contribution in [2.75, 3.05) is 0 Å². The summed E-state index contributed by atoms with van der Waals surface area (Å²) in [6.07, 6.45) is 2.80. The molecule has 9 nitrogen and oxygen atoms in total. The van der Waals surface area contributed by atoms with E-state index >= 15 is 0 Å². The van der Waals surface area contributed by atoms with Crippen molar-refractivity contribution in [3.05, 3.63) is 95.4 Å². The third kappa shape index (κ3) is 3.33. The summed E-state index contributed by atoms with van der Waals surface area (Å²) in [5.41, 5.74) is 0.110. The third-order valence-electron chi connectivity index (χ3n) is 6.23. The number of rotatable bonds is 4. The van der Waals surface area contributed by atoms with Crippen LogP contribution in [0.1, 0.15) is 41.4 Å². The SMILES string of the molecule is O=C(O)c1cccc2c1c(C(=O)OC(=O)c1cc3ccoc3c3cccc(C(=O)O)c13)cc1ccoc12. The van der Waals surface area contributed by atoms with E-state index in [0.717, 1.165) is 0 Å². The molecule has 37 heavy (non-hydrogen) atoms. The van der Waals surface area contributed by atoms with Crippen molar-refractivity contribution in [2.24, 2.45) is 0 Å². The van der Waals surface area contributed by atoms with E-state index in [1.807, 2.05) is 0 Å². The van der Waals surface area contributed by atoms with Crippen LogP contribution in [0.5, 0.6) is 0 Å². The number of carbonyl (C=O) groups is 4. The standard InChI is InChI=1S/C28H14O9/c29-25(30)17-5-1-3-15-21(17)19(11-13-7-9-35-23(13)15)27(33)37-28(34)20-12-14-8-10-36-24(14)16-4-2-6-18(22(16)20)26(31)32/h1-12H,(H,29,30)(H,31,32). The zero-order valence-electron chi connectivity index (χ0n) is 18.7. The van der Waals surface area contributed by atoms with Crippen LogP contribution < -0.4 is 0 Å². The molecule has 0 bridgehead atoms. The highest BCUT2D eigenvalue weighted by molar-refractivity contribution is 6.24. The Hall–Kier alpha value is -5.44. The van der Waals surface area contributed by atoms with Gasteiger partial charge in [-0.15, -0.1) is 0 Å². The normalized spacial score (nSPS) is 11.4. The molecule has 2 aromatic heterocycles. The quantitative estimate of drug-likeness (QED) is 0.227. The topological polar surface area (TPSA) is 144 Å². The Labute approximate surface area is 206 Å². The Morgan fingerprint density at radius 2 is 1.03 bits per heavy atom. The van der Waals surface area contributed by atoms with Crippen LogP contribution in [-0.2, 0) is 4.74 Å². The number of aromatic carboxylic acids is 2. The van der Waals surface area contributed by atoms with Gasteiger partial charge in [0.1, 0.15) is 11.2 Å². The number of furan rings is 2. The zero-order valence-corrected chi connectivity index (χ0v) is 18.7. The molecule has 0 atom stereocenters. The Bertz CT molecular complexity index is 1810. The first kappa shape index (κ1) is 22.1. The maximum Gasteiger partial charge on any atom is 0.346 e. The molecule has 0 saturated heterocycles. The predicted molar refractivity (Wildman–Crippen MR) is 131 cm³/mol. The summed E-state index contributed by atoms with van der Waals surface area (Å²) in [6.45, 7) is 0. The van der Waals surface area contributed by atoms with E-state index in [2.05, 4.69) is 0 Å². The number of ether oxygens (including phenoxy) is 1. The van der Waals surface area contributed by atoms with Gasteiger partial charge >= 0.3 is 23.9 Å². The number of benzene rings is 4. The van der Waals surface area contributed by atoms with Gasteiger partial charge in [-0.3, -0.25) is 0 Å². The molecular formula is C28H14O9. The fourth-order valence-electron chi connectivity index (χ4n) is 4.69. The highest BCUT2D eigenvalue weighted by atomic mass is 16.6. The average molecular weight is 494 g/mol. The van der Waals surface area contributed by atoms with Crippen molar-refractivity contribution in [1.29, 1.82) is 0 Å². The highest BCUT2D eigenvalue weighted by Gasteiger charge is 2.26. The van der Waals surface area contributed by atoms with Gasteiger partial charge in [0.2, 0.25) is 0 Å². The first-order valence-corrected chi connectivity index (χ1v) is 10.9. The molecule has 2 N–H and O–H groups in total. The number of hydrogen-bond acceptors (Lipinski definition) is 7. The number of carboxylic acids is 2. The summed E-state index contributed by atoms with van der Waals surface area (Å²) in [4.78, 5) is 50.6. The summed E-state index contributed by atoms with van der Waals surface area (Å²) in [7, 11) is 0. The molecule has 0 aliphatic heterocycles. The largest absolute Gasteiger partial charge is 0.478 e. The van der Waals surface area contributed by atoms with Crippen LogP contribution in [0.15, 0.2) is 82.0 Å². The molecular weight excluding hydrogens is 480 g/mol. The van der Waals surface area contributed by atoms with Crippen molar-refractivity contribution in [2.45, 2.75) is 0 Å². The Morgan fingerprint density at radius 3 is 1.43 bits per heavy atom. The summed E-state index contributed by atoms with van der Waals surface area (Å²) < 4.78 is 16.2. The summed E-state index contributed by atoms with van der Waals surface area (Å²) >= 11 is 0. The average Bonchev–Trinajstić information content (AvgIpc) is 3.56. The van der Waals surface area contributed by atoms with E-state index in [0.29, 0.717) is 32.7 Å². The van der Waals surface area contributed by atoms with Gasteiger partial charge in [0, 0.05) is 32.3 Å². The molecule has 0 saturated carbocycles. The number of carbonyl (C=O) groups excluding carboxylic acids is 2. The first-order chi connectivity index (χ1) is 17.8. The molecule has 4 aromatic carbocycles. The predicted octanol–water partition coefficient (Wildman–Crippen LogP) is 5.88. The second kappa shape index (κ2) is 8.06. The molecule has 0 radical (unpaired) electrons. The molecule has 0 unspecified atom stereocenters. The lowest BCUT2D eigenvalue weighted by Gasteiger charge is -2.12. The van der Waals surface area contributed by atoms with Crippen molar-refractivity contribution in [3.8, 4) is 0 Å². The molecule has 0 spiro atoms. The van der Waals surface area contributed by atoms with Crippen LogP contribution in [0.4, 0.5) is 0 Å². The van der Waals surface area contributed by atoms with Gasteiger partial charge in [-0.25, -0.2) is 19.2 Å². The minimum absolute atomic E-state index is 0.0524. The lowest BCUT2D eigenvalue weighted by atomic mass is 9.96. The molecule has 0 fully saturated rings. The van der Waals surface area contributed by atoms with E-state index in [1.54, 1.807) is 24.3 Å². The summed E-state index contributed by atoms with van der Waals surface area (Å²) in [5.74, 6) is -4.75. The van der Waals surface area contributed by atoms with E-state index in [-0.39, 0.29) is 33.0 Å². The number of carboxylic acid groups (broad SMARTS) is 2. The van der Waals surface area contributed by atoms with E-state index in [4.69, 9.17) is 13.6 Å². The van der Waals surface area contributed by atoms with Crippen molar-refractivity contribution < 1.29 is 43.0 Å². The molecule has 6 rings (SSSR count). The third-order valence-corrected chi connectivity index (χ3v) is 6.23. The lowest BCUT2D eigenvalue weighted by molar-refractivity contribution is 0.0400. The number of fused-ring (bicyclic) bond motifs is 6. The van der Waals surface area contributed by atoms with Gasteiger partial charge in [-0.1, -0.05) is 24.3 Å². The maximum atomic E-state index is 13.3. The summed E-state index contributed by atoms with van der Waals surface area (Å²) in [6, 6.07) is 14.9. The minimum atomic E-state index is -1.28. The van der Waals surface area contributed by atoms with Crippen molar-refractivity contribution >= 4 is 67.4 Å². The second-order valence-corrected chi connectivity index (χ2v) is 8.27. The molecule has 9 heteroatoms. The molecule has 6 aromatic rings. The maximum absolute atomic E-state index is 13.3. The van der Waals surface area contributed by atoms with Gasteiger partial charge < -0.3 is 23.8 Å². The fraction of sp³-hybridized carbons (Fsp3) is 0. The molecule has 2 heterocycles. The zero-order chi connectivity index (χ0) is 25.8. The van der Waals surface area contributed by atoms with Gasteiger partial charge in [0.05, 0.1) is 34.8 Å². The number of hydrogen-bond donors (Lipinski definition) is 2. The molecule has 0 aliphatic rings. The highest BCUT2D eigenvalue weighted by Crippen LogP contribution is 2.35. The smallest absolute Gasteiger partial charge is 0.346 e. The van der Waals surface area contributed by atoms with E-state index < -0.39 is 23.9 Å².